The van der Waals surface area contributed by atoms with Gasteiger partial charge in [-0.1, -0.05) is 6.92 Å². The summed E-state index contributed by atoms with van der Waals surface area (Å²) in [7, 11) is 3.80. The number of carbonyl (C=O) groups excluding carboxylic acids is 3. The van der Waals surface area contributed by atoms with Crippen LogP contribution < -0.4 is 10.9 Å². The third-order valence-electron chi connectivity index (χ3n) is 7.08. The highest BCUT2D eigenvalue weighted by atomic mass is 16.6. The Labute approximate surface area is 222 Å². The van der Waals surface area contributed by atoms with Crippen molar-refractivity contribution in [1.29, 1.82) is 0 Å². The zero-order valence-corrected chi connectivity index (χ0v) is 21.7. The molecule has 3 aromatic rings. The standard InChI is InChI=1S/C27H28N4O8/c1-4-27(39-23(35)9-28-22(34)12-32)18-8-20-24-14(10-31(20)25(36)17(18)13-38-26(27)37)7-15-16(11-30(2)3)21(33)6-5-19(15)29-24/h5-8,32-33H,4,9-13H2,1-3H3,(H,28,34). The molecule has 2 aromatic heterocycles. The maximum Gasteiger partial charge on any atom is 0.355 e. The lowest BCUT2D eigenvalue weighted by Gasteiger charge is -2.35. The molecule has 0 bridgehead atoms. The largest absolute Gasteiger partial charge is 0.508 e. The summed E-state index contributed by atoms with van der Waals surface area (Å²) in [5.74, 6) is -2.38. The minimum atomic E-state index is -1.90. The van der Waals surface area contributed by atoms with Gasteiger partial charge < -0.3 is 34.5 Å². The average Bonchev–Trinajstić information content (AvgIpc) is 3.27. The SMILES string of the molecule is CCC1(OC(=O)CNC(=O)CO)C(=O)OCc2c1cc1n(c2=O)Cc2cc3c(CN(C)C)c(O)ccc3nc2-1. The molecule has 5 rings (SSSR count). The summed E-state index contributed by atoms with van der Waals surface area (Å²) in [6, 6.07) is 6.86. The van der Waals surface area contributed by atoms with Crippen LogP contribution in [-0.4, -0.2) is 69.8 Å². The number of nitrogens with one attached hydrogen (secondary N) is 1. The van der Waals surface area contributed by atoms with Crippen LogP contribution in [0.1, 0.15) is 35.6 Å². The molecule has 1 atom stereocenters. The zero-order valence-electron chi connectivity index (χ0n) is 21.7. The number of nitrogens with zero attached hydrogens (tertiary/aromatic N) is 3. The Morgan fingerprint density at radius 2 is 2.03 bits per heavy atom. The molecule has 0 aliphatic carbocycles. The summed E-state index contributed by atoms with van der Waals surface area (Å²) in [6.07, 6.45) is -0.0212. The van der Waals surface area contributed by atoms with Crippen molar-refractivity contribution in [1.82, 2.24) is 19.8 Å². The Hall–Kier alpha value is -4.29. The highest BCUT2D eigenvalue weighted by molar-refractivity contribution is 5.90. The second-order valence-electron chi connectivity index (χ2n) is 9.84. The van der Waals surface area contributed by atoms with E-state index in [-0.39, 0.29) is 36.4 Å². The number of esters is 2. The van der Waals surface area contributed by atoms with Crippen molar-refractivity contribution in [3.63, 3.8) is 0 Å². The molecule has 1 unspecified atom stereocenters. The van der Waals surface area contributed by atoms with Crippen LogP contribution in [0.5, 0.6) is 5.75 Å². The van der Waals surface area contributed by atoms with Crippen molar-refractivity contribution < 1.29 is 34.1 Å². The highest BCUT2D eigenvalue weighted by Gasteiger charge is 2.50. The van der Waals surface area contributed by atoms with Gasteiger partial charge in [-0.3, -0.25) is 14.4 Å². The van der Waals surface area contributed by atoms with Gasteiger partial charge >= 0.3 is 11.9 Å². The molecule has 1 aromatic carbocycles. The quantitative estimate of drug-likeness (QED) is 0.284. The molecule has 1 amide bonds. The molecule has 204 valence electrons. The second kappa shape index (κ2) is 9.79. The Kier molecular flexibility index (Phi) is 6.60. The number of phenols is 1. The van der Waals surface area contributed by atoms with E-state index < -0.39 is 42.2 Å². The van der Waals surface area contributed by atoms with Gasteiger partial charge in [0.05, 0.1) is 29.0 Å². The van der Waals surface area contributed by atoms with E-state index in [2.05, 4.69) is 5.32 Å². The van der Waals surface area contributed by atoms with Crippen LogP contribution in [0.4, 0.5) is 0 Å². The fourth-order valence-electron chi connectivity index (χ4n) is 5.20. The number of aromatic nitrogens is 2. The fraction of sp³-hybridized carbons (Fsp3) is 0.370. The van der Waals surface area contributed by atoms with E-state index in [1.165, 1.54) is 0 Å². The molecule has 0 fully saturated rings. The molecule has 0 saturated carbocycles. The number of rotatable bonds is 7. The van der Waals surface area contributed by atoms with Crippen molar-refractivity contribution in [2.75, 3.05) is 27.2 Å². The van der Waals surface area contributed by atoms with Gasteiger partial charge in [0, 0.05) is 28.6 Å². The topological polar surface area (TPSA) is 160 Å². The normalized spacial score (nSPS) is 17.4. The summed E-state index contributed by atoms with van der Waals surface area (Å²) in [6.45, 7) is 0.688. The molecule has 12 heteroatoms. The molecule has 39 heavy (non-hydrogen) atoms. The van der Waals surface area contributed by atoms with Gasteiger partial charge in [-0.05, 0) is 44.8 Å². The van der Waals surface area contributed by atoms with Crippen LogP contribution in [0.3, 0.4) is 0 Å². The number of aliphatic hydroxyl groups is 1. The van der Waals surface area contributed by atoms with Gasteiger partial charge in [0.15, 0.2) is 0 Å². The first kappa shape index (κ1) is 26.3. The van der Waals surface area contributed by atoms with E-state index in [0.29, 0.717) is 23.4 Å². The van der Waals surface area contributed by atoms with Crippen molar-refractivity contribution in [2.45, 2.75) is 38.6 Å². The van der Waals surface area contributed by atoms with Gasteiger partial charge in [0.2, 0.25) is 11.5 Å². The molecular weight excluding hydrogens is 508 g/mol. The Morgan fingerprint density at radius 3 is 2.72 bits per heavy atom. The first-order valence-corrected chi connectivity index (χ1v) is 12.4. The number of aromatic hydroxyl groups is 1. The van der Waals surface area contributed by atoms with Crippen molar-refractivity contribution in [3.05, 3.63) is 56.9 Å². The number of carbonyl (C=O) groups is 3. The number of benzene rings is 1. The van der Waals surface area contributed by atoms with E-state index in [1.54, 1.807) is 29.7 Å². The van der Waals surface area contributed by atoms with Crippen LogP contribution in [-0.2, 0) is 49.2 Å². The van der Waals surface area contributed by atoms with Gasteiger partial charge in [0.25, 0.3) is 5.56 Å². The molecule has 12 nitrogen and oxygen atoms in total. The number of hydrogen-bond acceptors (Lipinski definition) is 10. The summed E-state index contributed by atoms with van der Waals surface area (Å²) >= 11 is 0. The zero-order chi connectivity index (χ0) is 28.1. The van der Waals surface area contributed by atoms with Gasteiger partial charge in [0.1, 0.15) is 25.5 Å². The van der Waals surface area contributed by atoms with Gasteiger partial charge in [-0.2, -0.15) is 0 Å². The Morgan fingerprint density at radius 1 is 1.26 bits per heavy atom. The van der Waals surface area contributed by atoms with Crippen molar-refractivity contribution in [2.24, 2.45) is 0 Å². The number of amides is 1. The van der Waals surface area contributed by atoms with E-state index in [1.807, 2.05) is 25.1 Å². The molecule has 0 radical (unpaired) electrons. The maximum atomic E-state index is 13.7. The lowest BCUT2D eigenvalue weighted by atomic mass is 9.85. The number of pyridine rings is 2. The predicted octanol–water partition coefficient (Wildman–Crippen LogP) is 0.506. The summed E-state index contributed by atoms with van der Waals surface area (Å²) in [5.41, 5.74) is 1.26. The Balaban J connectivity index is 1.63. The minimum absolute atomic E-state index is 0.0212. The molecule has 2 aliphatic heterocycles. The maximum absolute atomic E-state index is 13.7. The number of hydrogen-bond donors (Lipinski definition) is 3. The molecule has 0 saturated heterocycles. The smallest absolute Gasteiger partial charge is 0.355 e. The first-order valence-electron chi connectivity index (χ1n) is 12.4. The van der Waals surface area contributed by atoms with Gasteiger partial charge in [-0.25, -0.2) is 9.78 Å². The highest BCUT2D eigenvalue weighted by Crippen LogP contribution is 2.41. The van der Waals surface area contributed by atoms with E-state index >= 15 is 0 Å². The van der Waals surface area contributed by atoms with Crippen LogP contribution in [0.15, 0.2) is 29.1 Å². The summed E-state index contributed by atoms with van der Waals surface area (Å²) in [4.78, 5) is 57.4. The summed E-state index contributed by atoms with van der Waals surface area (Å²) < 4.78 is 12.4. The fourth-order valence-corrected chi connectivity index (χ4v) is 5.20. The number of cyclic esters (lactones) is 1. The van der Waals surface area contributed by atoms with Crippen LogP contribution >= 0.6 is 0 Å². The third-order valence-corrected chi connectivity index (χ3v) is 7.08. The van der Waals surface area contributed by atoms with Crippen molar-refractivity contribution >= 4 is 28.7 Å². The number of ether oxygens (including phenoxy) is 2. The molecule has 2 aliphatic rings. The lowest BCUT2D eigenvalue weighted by molar-refractivity contribution is -0.189. The lowest BCUT2D eigenvalue weighted by Crippen LogP contribution is -2.48. The Bertz CT molecular complexity index is 1600. The second-order valence-corrected chi connectivity index (χ2v) is 9.84. The monoisotopic (exact) mass is 536 g/mol. The first-order chi connectivity index (χ1) is 18.6. The van der Waals surface area contributed by atoms with Crippen LogP contribution in [0.2, 0.25) is 0 Å². The van der Waals surface area contributed by atoms with E-state index in [4.69, 9.17) is 19.6 Å². The van der Waals surface area contributed by atoms with Crippen LogP contribution in [0.25, 0.3) is 22.3 Å². The molecular formula is C27H28N4O8. The third kappa shape index (κ3) is 4.31. The predicted molar refractivity (Wildman–Crippen MR) is 138 cm³/mol. The van der Waals surface area contributed by atoms with E-state index in [0.717, 1.165) is 16.5 Å². The molecule has 4 heterocycles. The van der Waals surface area contributed by atoms with Crippen LogP contribution in [0, 0.1) is 0 Å². The van der Waals surface area contributed by atoms with Crippen molar-refractivity contribution in [3.8, 4) is 17.1 Å². The number of phenolic OH excluding ortho intramolecular Hbond substituents is 1. The molecule has 3 N–H and O–H groups in total. The average molecular weight is 537 g/mol. The summed E-state index contributed by atoms with van der Waals surface area (Å²) in [5, 5.41) is 22.3. The van der Waals surface area contributed by atoms with E-state index in [9.17, 15) is 24.3 Å². The molecule has 0 spiro atoms. The number of aliphatic hydroxyl groups excluding tert-OH is 1. The number of fused-ring (bicyclic) bond motifs is 5. The van der Waals surface area contributed by atoms with Gasteiger partial charge in [-0.15, -0.1) is 0 Å². The minimum Gasteiger partial charge on any atom is -0.508 e.